The molecule has 0 saturated carbocycles. The number of nitriles is 1. The van der Waals surface area contributed by atoms with E-state index in [1.807, 2.05) is 32.0 Å². The Bertz CT molecular complexity index is 1340. The molecule has 1 unspecified atom stereocenters. The second-order valence-electron chi connectivity index (χ2n) is 8.01. The highest BCUT2D eigenvalue weighted by molar-refractivity contribution is 6.30. The maximum absolute atomic E-state index is 12.4. The topological polar surface area (TPSA) is 126 Å². The predicted octanol–water partition coefficient (Wildman–Crippen LogP) is 4.20. The van der Waals surface area contributed by atoms with Crippen molar-refractivity contribution in [3.63, 3.8) is 0 Å². The first-order chi connectivity index (χ1) is 17.4. The van der Waals surface area contributed by atoms with Crippen molar-refractivity contribution in [3.8, 4) is 34.7 Å². The van der Waals surface area contributed by atoms with Crippen molar-refractivity contribution in [3.05, 3.63) is 70.1 Å². The summed E-state index contributed by atoms with van der Waals surface area (Å²) in [6.45, 7) is 4.92. The first kappa shape index (κ1) is 24.9. The van der Waals surface area contributed by atoms with Crippen molar-refractivity contribution >= 4 is 17.5 Å². The number of halogens is 1. The number of aromatic amines is 1. The summed E-state index contributed by atoms with van der Waals surface area (Å²) in [4.78, 5) is 14.1. The van der Waals surface area contributed by atoms with Gasteiger partial charge < -0.3 is 24.8 Å². The van der Waals surface area contributed by atoms with Crippen molar-refractivity contribution in [1.82, 2.24) is 15.1 Å². The Balaban J connectivity index is 1.74. The molecule has 36 heavy (non-hydrogen) atoms. The number of hydrogen-bond donors (Lipinski definition) is 2. The number of aromatic nitrogens is 2. The number of H-pyrrole nitrogens is 1. The van der Waals surface area contributed by atoms with Crippen molar-refractivity contribution in [2.24, 2.45) is 5.73 Å². The first-order valence-corrected chi connectivity index (χ1v) is 11.8. The van der Waals surface area contributed by atoms with Crippen LogP contribution >= 0.6 is 11.6 Å². The number of amides is 1. The molecule has 0 saturated heterocycles. The van der Waals surface area contributed by atoms with Crippen LogP contribution in [0.15, 0.2) is 53.9 Å². The molecule has 3 aromatic rings. The van der Waals surface area contributed by atoms with E-state index in [4.69, 9.17) is 31.5 Å². The molecule has 1 aliphatic heterocycles. The molecule has 2 aromatic carbocycles. The molecule has 0 radical (unpaired) electrons. The minimum atomic E-state index is -0.580. The van der Waals surface area contributed by atoms with E-state index in [1.165, 1.54) is 7.11 Å². The lowest BCUT2D eigenvalue weighted by Crippen LogP contribution is -2.34. The fourth-order valence-corrected chi connectivity index (χ4v) is 4.33. The van der Waals surface area contributed by atoms with Crippen LogP contribution in [-0.4, -0.2) is 47.8 Å². The molecule has 10 heteroatoms. The minimum Gasteiger partial charge on any atom is -0.493 e. The average Bonchev–Trinajstić information content (AvgIpc) is 3.30. The second kappa shape index (κ2) is 10.6. The number of fused-ring (bicyclic) bond motifs is 1. The Morgan fingerprint density at radius 3 is 2.58 bits per heavy atom. The van der Waals surface area contributed by atoms with E-state index >= 15 is 0 Å². The van der Waals surface area contributed by atoms with Crippen molar-refractivity contribution < 1.29 is 19.0 Å². The van der Waals surface area contributed by atoms with Crippen molar-refractivity contribution in [1.29, 1.82) is 5.26 Å². The maximum Gasteiger partial charge on any atom is 0.260 e. The zero-order chi connectivity index (χ0) is 25.8. The zero-order valence-corrected chi connectivity index (χ0v) is 20.9. The average molecular weight is 508 g/mol. The Hall–Kier alpha value is -4.16. The Kier molecular flexibility index (Phi) is 7.36. The normalized spacial score (nSPS) is 14.5. The van der Waals surface area contributed by atoms with E-state index in [0.717, 1.165) is 11.1 Å². The number of rotatable bonds is 8. The lowest BCUT2D eigenvalue weighted by Gasteiger charge is -2.25. The van der Waals surface area contributed by atoms with Crippen LogP contribution in [0.5, 0.6) is 17.4 Å². The zero-order valence-electron chi connectivity index (χ0n) is 20.2. The quantitative estimate of drug-likeness (QED) is 0.467. The number of carbonyl (C=O) groups excluding carboxylic acids is 1. The lowest BCUT2D eigenvalue weighted by molar-refractivity contribution is -0.132. The molecule has 3 N–H and O–H groups in total. The number of nitrogens with one attached hydrogen (secondary N) is 1. The Morgan fingerprint density at radius 1 is 1.22 bits per heavy atom. The summed E-state index contributed by atoms with van der Waals surface area (Å²) in [6, 6.07) is 14.7. The molecular weight excluding hydrogens is 482 g/mol. The van der Waals surface area contributed by atoms with E-state index in [9.17, 15) is 10.1 Å². The van der Waals surface area contributed by atoms with Crippen LogP contribution < -0.4 is 19.9 Å². The number of carbonyl (C=O) groups is 1. The maximum atomic E-state index is 12.4. The van der Waals surface area contributed by atoms with Gasteiger partial charge in [-0.1, -0.05) is 29.8 Å². The van der Waals surface area contributed by atoms with Crippen LogP contribution in [-0.2, 0) is 4.79 Å². The molecule has 0 fully saturated rings. The van der Waals surface area contributed by atoms with Gasteiger partial charge in [0.25, 0.3) is 5.91 Å². The van der Waals surface area contributed by atoms with E-state index in [0.29, 0.717) is 40.9 Å². The molecule has 0 bridgehead atoms. The highest BCUT2D eigenvalue weighted by atomic mass is 35.5. The van der Waals surface area contributed by atoms with Gasteiger partial charge in [-0.05, 0) is 43.7 Å². The molecule has 186 valence electrons. The number of likely N-dealkylation sites (N-methyl/N-ethyl adjacent to an activating group) is 1. The number of nitrogens with two attached hydrogens (primary N) is 1. The smallest absolute Gasteiger partial charge is 0.260 e. The molecule has 1 amide bonds. The van der Waals surface area contributed by atoms with Gasteiger partial charge in [0, 0.05) is 23.7 Å². The molecule has 4 rings (SSSR count). The van der Waals surface area contributed by atoms with Gasteiger partial charge >= 0.3 is 0 Å². The Labute approximate surface area is 214 Å². The van der Waals surface area contributed by atoms with Gasteiger partial charge in [0.1, 0.15) is 11.6 Å². The van der Waals surface area contributed by atoms with Gasteiger partial charge in [-0.25, -0.2) is 0 Å². The molecule has 9 nitrogen and oxygen atoms in total. The third-order valence-corrected chi connectivity index (χ3v) is 6.31. The van der Waals surface area contributed by atoms with Gasteiger partial charge in [-0.2, -0.15) is 5.26 Å². The highest BCUT2D eigenvalue weighted by Gasteiger charge is 2.36. The Morgan fingerprint density at radius 2 is 1.94 bits per heavy atom. The van der Waals surface area contributed by atoms with Crippen LogP contribution in [0.1, 0.15) is 30.9 Å². The van der Waals surface area contributed by atoms with Crippen molar-refractivity contribution in [2.45, 2.75) is 19.8 Å². The number of allylic oxidation sites excluding steroid dienone is 1. The summed E-state index contributed by atoms with van der Waals surface area (Å²) in [5, 5.41) is 17.9. The number of nitrogens with zero attached hydrogens (tertiary/aromatic N) is 3. The third-order valence-electron chi connectivity index (χ3n) is 6.06. The summed E-state index contributed by atoms with van der Waals surface area (Å²) >= 11 is 6.07. The summed E-state index contributed by atoms with van der Waals surface area (Å²) < 4.78 is 17.0. The number of hydrogen-bond acceptors (Lipinski definition) is 7. The molecule has 1 aromatic heterocycles. The first-order valence-electron chi connectivity index (χ1n) is 11.4. The minimum absolute atomic E-state index is 0.0201. The van der Waals surface area contributed by atoms with Gasteiger partial charge in [0.15, 0.2) is 18.1 Å². The van der Waals surface area contributed by atoms with Crippen molar-refractivity contribution in [2.75, 3.05) is 26.8 Å². The van der Waals surface area contributed by atoms with Gasteiger partial charge in [0.2, 0.25) is 11.8 Å². The van der Waals surface area contributed by atoms with Gasteiger partial charge in [0.05, 0.1) is 24.3 Å². The summed E-state index contributed by atoms with van der Waals surface area (Å²) in [7, 11) is 1.51. The van der Waals surface area contributed by atoms with Crippen LogP contribution in [0.3, 0.4) is 0 Å². The molecule has 2 heterocycles. The monoisotopic (exact) mass is 507 g/mol. The van der Waals surface area contributed by atoms with Gasteiger partial charge in [-0.3, -0.25) is 9.89 Å². The summed E-state index contributed by atoms with van der Waals surface area (Å²) in [6.07, 6.45) is 0. The molecular formula is C26H26ClN5O4. The van der Waals surface area contributed by atoms with Crippen LogP contribution in [0, 0.1) is 11.3 Å². The van der Waals surface area contributed by atoms with Crippen LogP contribution in [0.4, 0.5) is 0 Å². The predicted molar refractivity (Wildman–Crippen MR) is 135 cm³/mol. The highest BCUT2D eigenvalue weighted by Crippen LogP contribution is 2.47. The number of methoxy groups -OCH3 is 1. The molecule has 0 aliphatic carbocycles. The van der Waals surface area contributed by atoms with E-state index in [-0.39, 0.29) is 29.9 Å². The van der Waals surface area contributed by atoms with E-state index < -0.39 is 5.92 Å². The summed E-state index contributed by atoms with van der Waals surface area (Å²) in [5.41, 5.74) is 9.22. The fraction of sp³-hybridized carbons (Fsp3) is 0.269. The standard InChI is InChI=1S/C26H26ClN5O4/c1-4-32(5-2)21(33)14-35-19-11-8-16(12-20(19)34-3)22-18(13-28)25(29)36-26-23(22)24(30-31-26)15-6-9-17(27)10-7-15/h6-12,22H,4-5,14,29H2,1-3H3,(H,30,31). The molecule has 1 atom stereocenters. The summed E-state index contributed by atoms with van der Waals surface area (Å²) in [5.74, 6) is 0.394. The second-order valence-corrected chi connectivity index (χ2v) is 8.45. The number of ether oxygens (including phenoxy) is 3. The van der Waals surface area contributed by atoms with E-state index in [2.05, 4.69) is 16.3 Å². The SMILES string of the molecule is CCN(CC)C(=O)COc1ccc(C2C(C#N)=C(N)Oc3n[nH]c(-c4ccc(Cl)cc4)c32)cc1OC. The fourth-order valence-electron chi connectivity index (χ4n) is 4.21. The molecule has 0 spiro atoms. The largest absolute Gasteiger partial charge is 0.493 e. The third kappa shape index (κ3) is 4.68. The number of benzene rings is 2. The van der Waals surface area contributed by atoms with Crippen LogP contribution in [0.25, 0.3) is 11.3 Å². The van der Waals surface area contributed by atoms with Gasteiger partial charge in [-0.15, -0.1) is 5.10 Å². The van der Waals surface area contributed by atoms with E-state index in [1.54, 1.807) is 29.2 Å². The molecule has 1 aliphatic rings. The van der Waals surface area contributed by atoms with Crippen LogP contribution in [0.2, 0.25) is 5.02 Å². The lowest BCUT2D eigenvalue weighted by atomic mass is 9.83.